The van der Waals surface area contributed by atoms with Gasteiger partial charge in [-0.3, -0.25) is 23.6 Å². The lowest BCUT2D eigenvalue weighted by Gasteiger charge is -2.15. The van der Waals surface area contributed by atoms with Crippen molar-refractivity contribution < 1.29 is 4.79 Å². The molecule has 10 nitrogen and oxygen atoms in total. The molecule has 1 fully saturated rings. The molecular weight excluding hydrogens is 358 g/mol. The molecule has 1 aliphatic rings. The van der Waals surface area contributed by atoms with Gasteiger partial charge >= 0.3 is 5.69 Å². The summed E-state index contributed by atoms with van der Waals surface area (Å²) in [6.45, 7) is 2.69. The quantitative estimate of drug-likeness (QED) is 0.735. The minimum Gasteiger partial charge on any atom is -0.306 e. The number of hydrogen-bond donors (Lipinski definition) is 1. The summed E-state index contributed by atoms with van der Waals surface area (Å²) in [5.41, 5.74) is 2.54. The molecule has 0 aromatic carbocycles. The third-order valence-electron chi connectivity index (χ3n) is 4.32. The van der Waals surface area contributed by atoms with Gasteiger partial charge in [-0.1, -0.05) is 25.1 Å². The Morgan fingerprint density at radius 2 is 1.88 bits per heavy atom. The van der Waals surface area contributed by atoms with E-state index in [9.17, 15) is 14.4 Å². The van der Waals surface area contributed by atoms with Gasteiger partial charge in [-0.2, -0.15) is 4.98 Å². The zero-order valence-electron chi connectivity index (χ0n) is 15.1. The van der Waals surface area contributed by atoms with E-state index >= 15 is 0 Å². The summed E-state index contributed by atoms with van der Waals surface area (Å²) in [5.74, 6) is 0.716. The Morgan fingerprint density at radius 1 is 1.15 bits per heavy atom. The number of hydrazone groups is 1. The minimum absolute atomic E-state index is 0.0327. The third-order valence-corrected chi connectivity index (χ3v) is 5.28. The van der Waals surface area contributed by atoms with Crippen LogP contribution < -0.4 is 16.7 Å². The van der Waals surface area contributed by atoms with Crippen molar-refractivity contribution in [3.05, 3.63) is 20.8 Å². The maximum absolute atomic E-state index is 12.4. The van der Waals surface area contributed by atoms with Gasteiger partial charge in [0.2, 0.25) is 11.9 Å². The Kier molecular flexibility index (Phi) is 4.90. The molecule has 2 aromatic heterocycles. The van der Waals surface area contributed by atoms with Crippen LogP contribution in [0.5, 0.6) is 0 Å². The SMILES string of the molecule is CCCCN1C(=O)CS/C1=N/Nc1nc2c(c(=O)n(C)c(=O)n2C)n1C. The number of amides is 1. The zero-order valence-corrected chi connectivity index (χ0v) is 16.0. The summed E-state index contributed by atoms with van der Waals surface area (Å²) in [5, 5.41) is 4.87. The number of amidine groups is 1. The molecule has 0 saturated carbocycles. The number of imidazole rings is 1. The number of aromatic nitrogens is 4. The molecule has 11 heteroatoms. The summed E-state index contributed by atoms with van der Waals surface area (Å²) in [7, 11) is 4.66. The number of nitrogens with one attached hydrogen (secondary N) is 1. The first kappa shape index (κ1) is 18.2. The van der Waals surface area contributed by atoms with Crippen LogP contribution in [0.15, 0.2) is 14.7 Å². The predicted octanol–water partition coefficient (Wildman–Crippen LogP) is 0.0291. The lowest BCUT2D eigenvalue weighted by Crippen LogP contribution is -2.37. The average molecular weight is 379 g/mol. The van der Waals surface area contributed by atoms with Crippen LogP contribution in [-0.2, 0) is 25.9 Å². The number of aryl methyl sites for hydroxylation is 2. The van der Waals surface area contributed by atoms with E-state index in [1.54, 1.807) is 23.6 Å². The van der Waals surface area contributed by atoms with Crippen molar-refractivity contribution in [2.45, 2.75) is 19.8 Å². The number of hydrogen-bond acceptors (Lipinski definition) is 7. The lowest BCUT2D eigenvalue weighted by atomic mass is 10.3. The highest BCUT2D eigenvalue weighted by molar-refractivity contribution is 8.15. The summed E-state index contributed by atoms with van der Waals surface area (Å²) in [6, 6.07) is 0. The van der Waals surface area contributed by atoms with Crippen molar-refractivity contribution in [1.82, 2.24) is 23.6 Å². The molecule has 140 valence electrons. The van der Waals surface area contributed by atoms with Crippen LogP contribution in [0.1, 0.15) is 19.8 Å². The van der Waals surface area contributed by atoms with E-state index in [4.69, 9.17) is 0 Å². The van der Waals surface area contributed by atoms with Gasteiger partial charge in [-0.25, -0.2) is 10.2 Å². The number of rotatable bonds is 5. The van der Waals surface area contributed by atoms with Crippen molar-refractivity contribution >= 4 is 39.9 Å². The van der Waals surface area contributed by atoms with Crippen LogP contribution in [0, 0.1) is 0 Å². The molecule has 3 heterocycles. The molecule has 0 unspecified atom stereocenters. The second-order valence-corrected chi connectivity index (χ2v) is 7.01. The second kappa shape index (κ2) is 6.98. The number of fused-ring (bicyclic) bond motifs is 1. The van der Waals surface area contributed by atoms with Gasteiger partial charge in [0, 0.05) is 27.7 Å². The molecule has 0 aliphatic carbocycles. The topological polar surface area (TPSA) is 107 Å². The van der Waals surface area contributed by atoms with Gasteiger partial charge in [0.05, 0.1) is 5.75 Å². The van der Waals surface area contributed by atoms with Crippen molar-refractivity contribution in [1.29, 1.82) is 0 Å². The van der Waals surface area contributed by atoms with Crippen LogP contribution in [0.3, 0.4) is 0 Å². The van der Waals surface area contributed by atoms with Crippen LogP contribution >= 0.6 is 11.8 Å². The summed E-state index contributed by atoms with van der Waals surface area (Å²) < 4.78 is 3.91. The smallest absolute Gasteiger partial charge is 0.306 e. The number of anilines is 1. The lowest BCUT2D eigenvalue weighted by molar-refractivity contribution is -0.124. The van der Waals surface area contributed by atoms with Gasteiger partial charge in [0.25, 0.3) is 5.56 Å². The molecule has 2 aromatic rings. The monoisotopic (exact) mass is 379 g/mol. The molecule has 0 atom stereocenters. The Morgan fingerprint density at radius 3 is 2.58 bits per heavy atom. The van der Waals surface area contributed by atoms with E-state index in [1.165, 1.54) is 23.4 Å². The molecule has 1 aliphatic heterocycles. The number of carbonyl (C=O) groups excluding carboxylic acids is 1. The highest BCUT2D eigenvalue weighted by atomic mass is 32.2. The molecule has 1 amide bonds. The standard InChI is InChI=1S/C15H21N7O3S/c1-5-6-7-22-9(23)8-26-14(22)18-17-13-16-11-10(19(13)2)12(24)21(4)15(25)20(11)3/h5-8H2,1-4H3,(H,16,17)/b18-14+. The Bertz CT molecular complexity index is 1020. The van der Waals surface area contributed by atoms with Gasteiger partial charge in [-0.15, -0.1) is 5.10 Å². The van der Waals surface area contributed by atoms with E-state index in [0.29, 0.717) is 28.9 Å². The van der Waals surface area contributed by atoms with E-state index in [0.717, 1.165) is 17.4 Å². The van der Waals surface area contributed by atoms with Crippen LogP contribution in [0.2, 0.25) is 0 Å². The molecule has 1 saturated heterocycles. The molecule has 0 spiro atoms. The third kappa shape index (κ3) is 2.91. The van der Waals surface area contributed by atoms with E-state index < -0.39 is 11.2 Å². The van der Waals surface area contributed by atoms with E-state index in [1.807, 2.05) is 0 Å². The Hall–Kier alpha value is -2.56. The predicted molar refractivity (Wildman–Crippen MR) is 101 cm³/mol. The van der Waals surface area contributed by atoms with Crippen LogP contribution in [-0.4, -0.2) is 47.0 Å². The number of carbonyl (C=O) groups is 1. The molecule has 26 heavy (non-hydrogen) atoms. The normalized spacial score (nSPS) is 16.2. The fraction of sp³-hybridized carbons (Fsp3) is 0.533. The number of thioether (sulfide) groups is 1. The van der Waals surface area contributed by atoms with Crippen molar-refractivity contribution in [2.75, 3.05) is 17.7 Å². The second-order valence-electron chi connectivity index (χ2n) is 6.07. The van der Waals surface area contributed by atoms with Crippen LogP contribution in [0.4, 0.5) is 5.95 Å². The average Bonchev–Trinajstić information content (AvgIpc) is 3.14. The summed E-state index contributed by atoms with van der Waals surface area (Å²) >= 11 is 1.36. The summed E-state index contributed by atoms with van der Waals surface area (Å²) in [4.78, 5) is 42.4. The fourth-order valence-electron chi connectivity index (χ4n) is 2.73. The highest BCUT2D eigenvalue weighted by Gasteiger charge is 2.28. The minimum atomic E-state index is -0.443. The van der Waals surface area contributed by atoms with Gasteiger partial charge < -0.3 is 4.57 Å². The van der Waals surface area contributed by atoms with E-state index in [-0.39, 0.29) is 11.6 Å². The van der Waals surface area contributed by atoms with Crippen molar-refractivity contribution in [3.63, 3.8) is 0 Å². The van der Waals surface area contributed by atoms with Gasteiger partial charge in [-0.05, 0) is 6.42 Å². The fourth-order valence-corrected chi connectivity index (χ4v) is 3.60. The Balaban J connectivity index is 1.97. The zero-order chi connectivity index (χ0) is 19.0. The highest BCUT2D eigenvalue weighted by Crippen LogP contribution is 2.21. The molecule has 0 bridgehead atoms. The largest absolute Gasteiger partial charge is 0.332 e. The maximum atomic E-state index is 12.4. The molecule has 0 radical (unpaired) electrons. The molecular formula is C15H21N7O3S. The molecule has 3 rings (SSSR count). The Labute approximate surface area is 153 Å². The first-order chi connectivity index (χ1) is 12.4. The molecule has 1 N–H and O–H groups in total. The maximum Gasteiger partial charge on any atom is 0.332 e. The van der Waals surface area contributed by atoms with Crippen LogP contribution in [0.25, 0.3) is 11.2 Å². The first-order valence-corrected chi connectivity index (χ1v) is 9.24. The van der Waals surface area contributed by atoms with Gasteiger partial charge in [0.1, 0.15) is 0 Å². The summed E-state index contributed by atoms with van der Waals surface area (Å²) in [6.07, 6.45) is 1.88. The number of unbranched alkanes of at least 4 members (excludes halogenated alkanes) is 1. The number of nitrogens with zero attached hydrogens (tertiary/aromatic N) is 6. The van der Waals surface area contributed by atoms with E-state index in [2.05, 4.69) is 22.4 Å². The van der Waals surface area contributed by atoms with Crippen molar-refractivity contribution in [3.8, 4) is 0 Å². The first-order valence-electron chi connectivity index (χ1n) is 8.26. The van der Waals surface area contributed by atoms with Crippen molar-refractivity contribution in [2.24, 2.45) is 26.2 Å². The van der Waals surface area contributed by atoms with Gasteiger partial charge in [0.15, 0.2) is 16.3 Å².